The van der Waals surface area contributed by atoms with E-state index in [1.807, 2.05) is 48.5 Å². The number of esters is 1. The highest BCUT2D eigenvalue weighted by Gasteiger charge is 2.12. The van der Waals surface area contributed by atoms with E-state index in [4.69, 9.17) is 9.47 Å². The fourth-order valence-electron chi connectivity index (χ4n) is 4.67. The van der Waals surface area contributed by atoms with E-state index in [0.29, 0.717) is 11.3 Å². The molecule has 0 bridgehead atoms. The minimum Gasteiger partial charge on any atom is -0.423 e. The molecule has 0 N–H and O–H groups in total. The van der Waals surface area contributed by atoms with Crippen molar-refractivity contribution in [2.24, 2.45) is 0 Å². The molecule has 38 heavy (non-hydrogen) atoms. The zero-order chi connectivity index (χ0) is 27.0. The Kier molecular flexibility index (Phi) is 13.1. The van der Waals surface area contributed by atoms with Gasteiger partial charge in [0, 0.05) is 6.61 Å². The summed E-state index contributed by atoms with van der Waals surface area (Å²) in [5.74, 6) is 0.336. The molecular formula is C35H46O3. The van der Waals surface area contributed by atoms with Crippen LogP contribution in [0.15, 0.2) is 72.8 Å². The SMILES string of the molecule is CCCCCCCCCCOC(C)c1ccc(-c2ccc(C(=O)Oc3ccccc3CCCC)cc2)cc1. The van der Waals surface area contributed by atoms with Crippen LogP contribution in [0.5, 0.6) is 5.75 Å². The van der Waals surface area contributed by atoms with Crippen molar-refractivity contribution in [2.45, 2.75) is 97.5 Å². The van der Waals surface area contributed by atoms with Crippen LogP contribution in [0.2, 0.25) is 0 Å². The van der Waals surface area contributed by atoms with E-state index in [0.717, 1.165) is 49.0 Å². The molecule has 3 aromatic carbocycles. The topological polar surface area (TPSA) is 35.5 Å². The molecule has 0 heterocycles. The van der Waals surface area contributed by atoms with Crippen molar-refractivity contribution >= 4 is 5.97 Å². The van der Waals surface area contributed by atoms with Gasteiger partial charge in [-0.15, -0.1) is 0 Å². The second-order valence-corrected chi connectivity index (χ2v) is 10.3. The Bertz CT molecular complexity index is 1070. The number of rotatable bonds is 17. The number of hydrogen-bond acceptors (Lipinski definition) is 3. The van der Waals surface area contributed by atoms with E-state index in [1.165, 1.54) is 50.5 Å². The summed E-state index contributed by atoms with van der Waals surface area (Å²) in [6.07, 6.45) is 13.7. The van der Waals surface area contributed by atoms with E-state index in [-0.39, 0.29) is 12.1 Å². The first-order chi connectivity index (χ1) is 18.6. The summed E-state index contributed by atoms with van der Waals surface area (Å²) in [7, 11) is 0. The van der Waals surface area contributed by atoms with Gasteiger partial charge in [0.2, 0.25) is 0 Å². The van der Waals surface area contributed by atoms with E-state index in [2.05, 4.69) is 45.0 Å². The third kappa shape index (κ3) is 9.76. The number of para-hydroxylation sites is 1. The minimum atomic E-state index is -0.321. The number of benzene rings is 3. The molecule has 3 nitrogen and oxygen atoms in total. The van der Waals surface area contributed by atoms with Crippen molar-refractivity contribution in [1.29, 1.82) is 0 Å². The van der Waals surface area contributed by atoms with Gasteiger partial charge in [0.05, 0.1) is 11.7 Å². The maximum absolute atomic E-state index is 12.8. The van der Waals surface area contributed by atoms with E-state index in [9.17, 15) is 4.79 Å². The summed E-state index contributed by atoms with van der Waals surface area (Å²) in [6, 6.07) is 24.0. The summed E-state index contributed by atoms with van der Waals surface area (Å²) in [4.78, 5) is 12.8. The average Bonchev–Trinajstić information content (AvgIpc) is 2.96. The maximum atomic E-state index is 12.8. The second kappa shape index (κ2) is 16.8. The van der Waals surface area contributed by atoms with Gasteiger partial charge in [0.25, 0.3) is 0 Å². The minimum absolute atomic E-state index is 0.0888. The highest BCUT2D eigenvalue weighted by molar-refractivity contribution is 5.91. The Morgan fingerprint density at radius 1 is 0.684 bits per heavy atom. The normalized spacial score (nSPS) is 11.9. The highest BCUT2D eigenvalue weighted by Crippen LogP contribution is 2.25. The molecule has 3 rings (SSSR count). The molecule has 1 atom stereocenters. The number of unbranched alkanes of at least 4 members (excludes halogenated alkanes) is 8. The summed E-state index contributed by atoms with van der Waals surface area (Å²) >= 11 is 0. The first-order valence-electron chi connectivity index (χ1n) is 14.7. The lowest BCUT2D eigenvalue weighted by Gasteiger charge is -2.14. The molecule has 0 amide bonds. The van der Waals surface area contributed by atoms with Gasteiger partial charge in [-0.3, -0.25) is 0 Å². The van der Waals surface area contributed by atoms with Gasteiger partial charge in [-0.25, -0.2) is 4.79 Å². The molecule has 0 aliphatic carbocycles. The molecule has 0 aliphatic rings. The smallest absolute Gasteiger partial charge is 0.343 e. The summed E-state index contributed by atoms with van der Waals surface area (Å²) in [6.45, 7) is 7.37. The van der Waals surface area contributed by atoms with Crippen molar-refractivity contribution in [2.75, 3.05) is 6.61 Å². The molecule has 0 radical (unpaired) electrons. The average molecular weight is 515 g/mol. The standard InChI is InChI=1S/C35H46O3/c1-4-6-8-9-10-11-12-15-27-37-28(3)29-19-21-30(22-20-29)31-23-25-33(26-24-31)35(36)38-34-18-14-13-17-32(34)16-7-5-2/h13-14,17-26,28H,4-12,15-16,27H2,1-3H3. The van der Waals surface area contributed by atoms with E-state index >= 15 is 0 Å². The van der Waals surface area contributed by atoms with Crippen LogP contribution in [-0.4, -0.2) is 12.6 Å². The fourth-order valence-corrected chi connectivity index (χ4v) is 4.67. The number of aryl methyl sites for hydroxylation is 1. The van der Waals surface area contributed by atoms with Crippen molar-refractivity contribution in [3.63, 3.8) is 0 Å². The molecule has 3 aromatic rings. The van der Waals surface area contributed by atoms with Gasteiger partial charge in [0.1, 0.15) is 5.75 Å². The Balaban J connectivity index is 1.46. The fraction of sp³-hybridized carbons (Fsp3) is 0.457. The molecule has 0 fully saturated rings. The zero-order valence-electron chi connectivity index (χ0n) is 23.7. The summed E-state index contributed by atoms with van der Waals surface area (Å²) in [5.41, 5.74) is 5.02. The van der Waals surface area contributed by atoms with Crippen LogP contribution in [0, 0.1) is 0 Å². The molecule has 0 spiro atoms. The van der Waals surface area contributed by atoms with Crippen LogP contribution in [-0.2, 0) is 11.2 Å². The Labute approximate surface area is 230 Å². The predicted octanol–water partition coefficient (Wildman–Crippen LogP) is 10.1. The number of carbonyl (C=O) groups excluding carboxylic acids is 1. The van der Waals surface area contributed by atoms with Crippen molar-refractivity contribution in [3.05, 3.63) is 89.5 Å². The number of carbonyl (C=O) groups is 1. The molecule has 0 saturated carbocycles. The Morgan fingerprint density at radius 2 is 1.26 bits per heavy atom. The largest absolute Gasteiger partial charge is 0.423 e. The van der Waals surface area contributed by atoms with Gasteiger partial charge >= 0.3 is 5.97 Å². The predicted molar refractivity (Wildman–Crippen MR) is 159 cm³/mol. The van der Waals surface area contributed by atoms with E-state index in [1.54, 1.807) is 0 Å². The molecule has 1 unspecified atom stereocenters. The molecule has 3 heteroatoms. The van der Waals surface area contributed by atoms with Crippen molar-refractivity contribution in [1.82, 2.24) is 0 Å². The van der Waals surface area contributed by atoms with Crippen molar-refractivity contribution < 1.29 is 14.3 Å². The third-order valence-electron chi connectivity index (χ3n) is 7.17. The van der Waals surface area contributed by atoms with Gasteiger partial charge in [0.15, 0.2) is 0 Å². The molecule has 204 valence electrons. The lowest BCUT2D eigenvalue weighted by molar-refractivity contribution is 0.0627. The molecular weight excluding hydrogens is 468 g/mol. The monoisotopic (exact) mass is 514 g/mol. The number of hydrogen-bond donors (Lipinski definition) is 0. The van der Waals surface area contributed by atoms with Crippen LogP contribution in [0.3, 0.4) is 0 Å². The first kappa shape index (κ1) is 29.6. The maximum Gasteiger partial charge on any atom is 0.343 e. The van der Waals surface area contributed by atoms with Gasteiger partial charge in [-0.2, -0.15) is 0 Å². The first-order valence-corrected chi connectivity index (χ1v) is 14.7. The lowest BCUT2D eigenvalue weighted by Crippen LogP contribution is -2.09. The van der Waals surface area contributed by atoms with Gasteiger partial charge in [-0.1, -0.05) is 120 Å². The molecule has 0 aliphatic heterocycles. The molecule has 0 saturated heterocycles. The van der Waals surface area contributed by atoms with Crippen LogP contribution in [0.25, 0.3) is 11.1 Å². The Hall–Kier alpha value is -2.91. The van der Waals surface area contributed by atoms with Crippen LogP contribution in [0.4, 0.5) is 0 Å². The van der Waals surface area contributed by atoms with Crippen LogP contribution in [0.1, 0.15) is 113 Å². The lowest BCUT2D eigenvalue weighted by atomic mass is 10.0. The molecule has 0 aromatic heterocycles. The quantitative estimate of drug-likeness (QED) is 0.102. The Morgan fingerprint density at radius 3 is 1.92 bits per heavy atom. The van der Waals surface area contributed by atoms with Crippen LogP contribution < -0.4 is 4.74 Å². The van der Waals surface area contributed by atoms with Crippen LogP contribution >= 0.6 is 0 Å². The third-order valence-corrected chi connectivity index (χ3v) is 7.17. The summed E-state index contributed by atoms with van der Waals surface area (Å²) < 4.78 is 11.8. The zero-order valence-corrected chi connectivity index (χ0v) is 23.7. The van der Waals surface area contributed by atoms with Crippen molar-refractivity contribution in [3.8, 4) is 16.9 Å². The van der Waals surface area contributed by atoms with E-state index < -0.39 is 0 Å². The summed E-state index contributed by atoms with van der Waals surface area (Å²) in [5, 5.41) is 0. The highest BCUT2D eigenvalue weighted by atomic mass is 16.5. The second-order valence-electron chi connectivity index (χ2n) is 10.3. The van der Waals surface area contributed by atoms with Gasteiger partial charge in [-0.05, 0) is 66.6 Å². The number of ether oxygens (including phenoxy) is 2. The van der Waals surface area contributed by atoms with Gasteiger partial charge < -0.3 is 9.47 Å².